The van der Waals surface area contributed by atoms with Gasteiger partial charge in [0.2, 0.25) is 6.04 Å². The third-order valence-electron chi connectivity index (χ3n) is 10.5. The standard InChI is InChI=1S/C27H45NO2/c1-18(2)9-8-10-19(3)21-12-13-22-20-17-25(28(29)30)24-11-6-7-15-26(24,4)23(20)14-16-27(21,22)5/h11,18-23,25H,6-10,12-17H2,1-5H3/t19-,20-,21+,22-,23-,25-,26+,27+/m0/s1. The zero-order chi connectivity index (χ0) is 21.7. The summed E-state index contributed by atoms with van der Waals surface area (Å²) in [5.41, 5.74) is 1.70. The van der Waals surface area contributed by atoms with Crippen LogP contribution in [0.5, 0.6) is 0 Å². The molecule has 0 unspecified atom stereocenters. The van der Waals surface area contributed by atoms with E-state index in [2.05, 4.69) is 40.7 Å². The van der Waals surface area contributed by atoms with Crippen LogP contribution in [0, 0.1) is 56.5 Å². The van der Waals surface area contributed by atoms with Crippen LogP contribution in [-0.4, -0.2) is 11.0 Å². The Balaban J connectivity index is 1.56. The zero-order valence-electron chi connectivity index (χ0n) is 20.2. The van der Waals surface area contributed by atoms with Crippen LogP contribution in [0.2, 0.25) is 0 Å². The molecule has 3 saturated carbocycles. The van der Waals surface area contributed by atoms with Gasteiger partial charge in [-0.05, 0) is 91.3 Å². The zero-order valence-corrected chi connectivity index (χ0v) is 20.2. The Morgan fingerprint density at radius 1 is 1.10 bits per heavy atom. The van der Waals surface area contributed by atoms with Crippen LogP contribution in [0.4, 0.5) is 0 Å². The lowest BCUT2D eigenvalue weighted by Gasteiger charge is -2.58. The van der Waals surface area contributed by atoms with E-state index >= 15 is 0 Å². The normalized spacial score (nSPS) is 44.1. The first-order valence-electron chi connectivity index (χ1n) is 13.0. The summed E-state index contributed by atoms with van der Waals surface area (Å²) in [6, 6.07) is -0.415. The fourth-order valence-electron chi connectivity index (χ4n) is 9.04. The lowest BCUT2D eigenvalue weighted by molar-refractivity contribution is -0.521. The fraction of sp³-hybridized carbons (Fsp3) is 0.926. The molecule has 0 spiro atoms. The average molecular weight is 416 g/mol. The highest BCUT2D eigenvalue weighted by atomic mass is 16.6. The van der Waals surface area contributed by atoms with Gasteiger partial charge in [-0.2, -0.15) is 0 Å². The van der Waals surface area contributed by atoms with Crippen LogP contribution in [0.15, 0.2) is 11.6 Å². The summed E-state index contributed by atoms with van der Waals surface area (Å²) in [5, 5.41) is 12.1. The van der Waals surface area contributed by atoms with Gasteiger partial charge in [-0.3, -0.25) is 10.1 Å². The Morgan fingerprint density at radius 3 is 2.57 bits per heavy atom. The highest BCUT2D eigenvalue weighted by molar-refractivity contribution is 5.27. The molecule has 0 radical (unpaired) electrons. The molecular weight excluding hydrogens is 370 g/mol. The second-order valence-corrected chi connectivity index (χ2v) is 12.4. The molecule has 3 nitrogen and oxygen atoms in total. The number of rotatable bonds is 6. The quantitative estimate of drug-likeness (QED) is 0.254. The van der Waals surface area contributed by atoms with Crippen LogP contribution >= 0.6 is 0 Å². The maximum Gasteiger partial charge on any atom is 0.234 e. The van der Waals surface area contributed by atoms with Crippen LogP contribution in [-0.2, 0) is 0 Å². The van der Waals surface area contributed by atoms with Crippen LogP contribution in [0.1, 0.15) is 105 Å². The number of hydrogen-bond donors (Lipinski definition) is 0. The summed E-state index contributed by atoms with van der Waals surface area (Å²) >= 11 is 0. The van der Waals surface area contributed by atoms with Crippen molar-refractivity contribution >= 4 is 0 Å². The predicted octanol–water partition coefficient (Wildman–Crippen LogP) is 7.67. The number of hydrogen-bond acceptors (Lipinski definition) is 2. The minimum Gasteiger partial charge on any atom is -0.264 e. The van der Waals surface area contributed by atoms with Gasteiger partial charge in [0.25, 0.3) is 0 Å². The molecule has 3 fully saturated rings. The summed E-state index contributed by atoms with van der Waals surface area (Å²) in [7, 11) is 0. The molecule has 0 N–H and O–H groups in total. The van der Waals surface area contributed by atoms with Crippen LogP contribution < -0.4 is 0 Å². The molecule has 8 atom stereocenters. The van der Waals surface area contributed by atoms with E-state index in [1.165, 1.54) is 63.4 Å². The molecule has 4 aliphatic carbocycles. The van der Waals surface area contributed by atoms with Gasteiger partial charge in [-0.1, -0.05) is 60.0 Å². The first-order valence-corrected chi connectivity index (χ1v) is 13.0. The molecule has 0 heterocycles. The monoisotopic (exact) mass is 415 g/mol. The highest BCUT2D eigenvalue weighted by Gasteiger charge is 2.62. The number of nitro groups is 1. The van der Waals surface area contributed by atoms with Gasteiger partial charge in [-0.15, -0.1) is 0 Å². The molecule has 0 aromatic carbocycles. The molecule has 0 bridgehead atoms. The Labute approximate surface area is 184 Å². The minimum absolute atomic E-state index is 0.0680. The first kappa shape index (κ1) is 22.3. The Hall–Kier alpha value is -0.860. The molecule has 3 heteroatoms. The topological polar surface area (TPSA) is 43.1 Å². The maximum absolute atomic E-state index is 12.1. The SMILES string of the molecule is CC(C)CCC[C@H](C)[C@H]1CC[C@H]2[C@@H]3C[C@H]([N+](=O)[O-])C4=CCCC[C@]4(C)[C@H]3CC[C@]12C. The van der Waals surface area contributed by atoms with Crippen molar-refractivity contribution in [2.45, 2.75) is 111 Å². The molecule has 0 aromatic rings. The van der Waals surface area contributed by atoms with Crippen molar-refractivity contribution in [2.24, 2.45) is 46.3 Å². The van der Waals surface area contributed by atoms with Crippen molar-refractivity contribution < 1.29 is 4.92 Å². The molecule has 0 aromatic heterocycles. The van der Waals surface area contributed by atoms with Crippen molar-refractivity contribution in [3.8, 4) is 0 Å². The second kappa shape index (κ2) is 8.24. The van der Waals surface area contributed by atoms with Crippen LogP contribution in [0.25, 0.3) is 0 Å². The lowest BCUT2D eigenvalue weighted by Crippen LogP contribution is -2.55. The third kappa shape index (κ3) is 3.56. The van der Waals surface area contributed by atoms with Crippen molar-refractivity contribution in [3.05, 3.63) is 21.8 Å². The van der Waals surface area contributed by atoms with E-state index in [9.17, 15) is 10.1 Å². The summed E-state index contributed by atoms with van der Waals surface area (Å²) in [6.07, 6.45) is 15.9. The van der Waals surface area contributed by atoms with Crippen molar-refractivity contribution in [3.63, 3.8) is 0 Å². The Kier molecular flexibility index (Phi) is 6.14. The van der Waals surface area contributed by atoms with E-state index in [4.69, 9.17) is 0 Å². The molecular formula is C27H45NO2. The van der Waals surface area contributed by atoms with E-state index in [0.717, 1.165) is 30.6 Å². The number of fused-ring (bicyclic) bond motifs is 5. The maximum atomic E-state index is 12.1. The van der Waals surface area contributed by atoms with Gasteiger partial charge >= 0.3 is 0 Å². The molecule has 0 aliphatic heterocycles. The highest BCUT2D eigenvalue weighted by Crippen LogP contribution is 2.68. The number of nitrogens with zero attached hydrogens (tertiary/aromatic N) is 1. The van der Waals surface area contributed by atoms with Gasteiger partial charge in [0.05, 0.1) is 0 Å². The fourth-order valence-corrected chi connectivity index (χ4v) is 9.04. The lowest BCUT2D eigenvalue weighted by atomic mass is 9.45. The summed E-state index contributed by atoms with van der Waals surface area (Å²) in [6.45, 7) is 12.2. The van der Waals surface area contributed by atoms with Crippen molar-refractivity contribution in [2.75, 3.05) is 0 Å². The summed E-state index contributed by atoms with van der Waals surface area (Å²) in [4.78, 5) is 12.2. The predicted molar refractivity (Wildman–Crippen MR) is 124 cm³/mol. The van der Waals surface area contributed by atoms with E-state index in [1.54, 1.807) is 0 Å². The molecule has 0 saturated heterocycles. The minimum atomic E-state index is -0.415. The van der Waals surface area contributed by atoms with Crippen molar-refractivity contribution in [1.82, 2.24) is 0 Å². The van der Waals surface area contributed by atoms with Crippen molar-refractivity contribution in [1.29, 1.82) is 0 Å². The van der Waals surface area contributed by atoms with Gasteiger partial charge in [0.15, 0.2) is 0 Å². The molecule has 4 rings (SSSR count). The third-order valence-corrected chi connectivity index (χ3v) is 10.5. The van der Waals surface area contributed by atoms with Gasteiger partial charge in [0.1, 0.15) is 0 Å². The molecule has 170 valence electrons. The first-order chi connectivity index (χ1) is 14.2. The van der Waals surface area contributed by atoms with E-state index in [1.807, 2.05) is 0 Å². The van der Waals surface area contributed by atoms with Crippen LogP contribution in [0.3, 0.4) is 0 Å². The molecule has 30 heavy (non-hydrogen) atoms. The Bertz CT molecular complexity index is 684. The average Bonchev–Trinajstić information content (AvgIpc) is 3.03. The largest absolute Gasteiger partial charge is 0.264 e. The second-order valence-electron chi connectivity index (χ2n) is 12.4. The number of allylic oxidation sites excluding steroid dienone is 1. The van der Waals surface area contributed by atoms with Gasteiger partial charge in [0, 0.05) is 16.9 Å². The molecule has 0 amide bonds. The molecule has 4 aliphatic rings. The summed E-state index contributed by atoms with van der Waals surface area (Å²) in [5.74, 6) is 4.36. The Morgan fingerprint density at radius 2 is 1.87 bits per heavy atom. The van der Waals surface area contributed by atoms with E-state index in [0.29, 0.717) is 23.2 Å². The van der Waals surface area contributed by atoms with E-state index < -0.39 is 6.04 Å². The van der Waals surface area contributed by atoms with Gasteiger partial charge < -0.3 is 0 Å². The van der Waals surface area contributed by atoms with Gasteiger partial charge in [-0.25, -0.2) is 0 Å². The smallest absolute Gasteiger partial charge is 0.234 e. The van der Waals surface area contributed by atoms with E-state index in [-0.39, 0.29) is 10.3 Å². The summed E-state index contributed by atoms with van der Waals surface area (Å²) < 4.78 is 0.